The Morgan fingerprint density at radius 3 is 2.31 bits per heavy atom. The van der Waals surface area contributed by atoms with Crippen LogP contribution in [0.1, 0.15) is 23.2 Å². The van der Waals surface area contributed by atoms with Crippen LogP contribution >= 0.6 is 0 Å². The van der Waals surface area contributed by atoms with Gasteiger partial charge >= 0.3 is 0 Å². The molecule has 1 aliphatic heterocycles. The van der Waals surface area contributed by atoms with Crippen LogP contribution < -0.4 is 0 Å². The number of para-hydroxylation sites is 1. The van der Waals surface area contributed by atoms with Crippen LogP contribution in [0.2, 0.25) is 0 Å². The highest BCUT2D eigenvalue weighted by Gasteiger charge is 2.30. The Bertz CT molecular complexity index is 1560. The quantitative estimate of drug-likeness (QED) is 0.346. The lowest BCUT2D eigenvalue weighted by atomic mass is 9.97. The standard InChI is InChI=1S/C27H23F3N2O2S/c1-18-27(23-4-2-3-5-25(23)32(18)17-19-6-8-21(28)9-7-19)20-12-14-31(15-13-20)35(33,34)26-11-10-22(29)16-24(26)30/h2-12,16H,13-15,17H2,1H3. The summed E-state index contributed by atoms with van der Waals surface area (Å²) in [6.07, 6.45) is 2.31. The van der Waals surface area contributed by atoms with Gasteiger partial charge in [-0.05, 0) is 54.8 Å². The summed E-state index contributed by atoms with van der Waals surface area (Å²) in [4.78, 5) is -0.525. The third-order valence-electron chi connectivity index (χ3n) is 6.49. The molecule has 0 aliphatic carbocycles. The van der Waals surface area contributed by atoms with Gasteiger partial charge in [0.05, 0.1) is 0 Å². The van der Waals surface area contributed by atoms with Crippen molar-refractivity contribution in [3.63, 3.8) is 0 Å². The fourth-order valence-electron chi connectivity index (χ4n) is 4.73. The number of aromatic nitrogens is 1. The maximum absolute atomic E-state index is 14.2. The molecule has 4 aromatic rings. The topological polar surface area (TPSA) is 42.3 Å². The molecule has 0 bridgehead atoms. The van der Waals surface area contributed by atoms with Crippen LogP contribution in [-0.4, -0.2) is 30.4 Å². The lowest BCUT2D eigenvalue weighted by Gasteiger charge is -2.26. The molecule has 180 valence electrons. The molecule has 4 nitrogen and oxygen atoms in total. The third-order valence-corrected chi connectivity index (χ3v) is 8.39. The number of hydrogen-bond acceptors (Lipinski definition) is 2. The monoisotopic (exact) mass is 496 g/mol. The van der Waals surface area contributed by atoms with Crippen molar-refractivity contribution in [1.82, 2.24) is 8.87 Å². The van der Waals surface area contributed by atoms with E-state index in [4.69, 9.17) is 0 Å². The SMILES string of the molecule is Cc1c(C2=CCN(S(=O)(=O)c3ccc(F)cc3F)CC2)c2ccccc2n1Cc1ccc(F)cc1. The summed E-state index contributed by atoms with van der Waals surface area (Å²) < 4.78 is 70.2. The van der Waals surface area contributed by atoms with Gasteiger partial charge in [0.2, 0.25) is 10.0 Å². The Morgan fingerprint density at radius 2 is 1.63 bits per heavy atom. The maximum atomic E-state index is 14.2. The molecule has 5 rings (SSSR count). The highest BCUT2D eigenvalue weighted by Crippen LogP contribution is 2.36. The fraction of sp³-hybridized carbons (Fsp3) is 0.185. The molecule has 2 heterocycles. The van der Waals surface area contributed by atoms with E-state index in [1.54, 1.807) is 12.1 Å². The van der Waals surface area contributed by atoms with Crippen LogP contribution in [0.4, 0.5) is 13.2 Å². The van der Waals surface area contributed by atoms with E-state index >= 15 is 0 Å². The molecule has 0 amide bonds. The molecule has 1 aliphatic rings. The van der Waals surface area contributed by atoms with Gasteiger partial charge in [0, 0.05) is 47.9 Å². The van der Waals surface area contributed by atoms with Gasteiger partial charge in [0.25, 0.3) is 0 Å². The van der Waals surface area contributed by atoms with E-state index in [0.29, 0.717) is 19.0 Å². The zero-order valence-corrected chi connectivity index (χ0v) is 19.8. The summed E-state index contributed by atoms with van der Waals surface area (Å²) >= 11 is 0. The molecule has 0 fully saturated rings. The highest BCUT2D eigenvalue weighted by molar-refractivity contribution is 7.89. The summed E-state index contributed by atoms with van der Waals surface area (Å²) in [6, 6.07) is 16.9. The average Bonchev–Trinajstić information content (AvgIpc) is 3.11. The molecular formula is C27H23F3N2O2S. The minimum atomic E-state index is -4.10. The normalized spacial score (nSPS) is 14.9. The molecule has 1 aromatic heterocycles. The van der Waals surface area contributed by atoms with E-state index in [0.717, 1.165) is 45.4 Å². The predicted octanol–water partition coefficient (Wildman–Crippen LogP) is 5.89. The van der Waals surface area contributed by atoms with Gasteiger partial charge in [-0.15, -0.1) is 0 Å². The van der Waals surface area contributed by atoms with E-state index in [1.807, 2.05) is 37.3 Å². The Balaban J connectivity index is 1.49. The average molecular weight is 497 g/mol. The lowest BCUT2D eigenvalue weighted by molar-refractivity contribution is 0.435. The highest BCUT2D eigenvalue weighted by atomic mass is 32.2. The van der Waals surface area contributed by atoms with E-state index in [1.165, 1.54) is 16.4 Å². The van der Waals surface area contributed by atoms with Gasteiger partial charge in [-0.3, -0.25) is 0 Å². The largest absolute Gasteiger partial charge is 0.340 e. The van der Waals surface area contributed by atoms with Crippen molar-refractivity contribution < 1.29 is 21.6 Å². The maximum Gasteiger partial charge on any atom is 0.246 e. The van der Waals surface area contributed by atoms with Crippen molar-refractivity contribution in [1.29, 1.82) is 0 Å². The molecule has 0 N–H and O–H groups in total. The van der Waals surface area contributed by atoms with Crippen LogP contribution in [0.3, 0.4) is 0 Å². The van der Waals surface area contributed by atoms with Gasteiger partial charge in [0.1, 0.15) is 22.3 Å². The predicted molar refractivity (Wildman–Crippen MR) is 130 cm³/mol. The Labute approximate surface area is 202 Å². The van der Waals surface area contributed by atoms with E-state index in [-0.39, 0.29) is 18.9 Å². The third kappa shape index (κ3) is 4.28. The second-order valence-electron chi connectivity index (χ2n) is 8.61. The van der Waals surface area contributed by atoms with Crippen molar-refractivity contribution in [3.8, 4) is 0 Å². The second-order valence-corrected chi connectivity index (χ2v) is 10.5. The van der Waals surface area contributed by atoms with E-state index in [9.17, 15) is 21.6 Å². The first-order chi connectivity index (χ1) is 16.8. The first-order valence-corrected chi connectivity index (χ1v) is 12.7. The lowest BCUT2D eigenvalue weighted by Crippen LogP contribution is -2.35. The smallest absolute Gasteiger partial charge is 0.246 e. The van der Waals surface area contributed by atoms with Crippen molar-refractivity contribution in [2.45, 2.75) is 24.8 Å². The number of rotatable bonds is 5. The van der Waals surface area contributed by atoms with Gasteiger partial charge < -0.3 is 4.57 Å². The Morgan fingerprint density at radius 1 is 0.914 bits per heavy atom. The van der Waals surface area contributed by atoms with E-state index < -0.39 is 26.6 Å². The van der Waals surface area contributed by atoms with Crippen LogP contribution in [0.15, 0.2) is 77.7 Å². The first kappa shape index (κ1) is 23.4. The molecule has 3 aromatic carbocycles. The molecule has 0 radical (unpaired) electrons. The fourth-order valence-corrected chi connectivity index (χ4v) is 6.16. The van der Waals surface area contributed by atoms with Gasteiger partial charge in [-0.25, -0.2) is 21.6 Å². The van der Waals surface area contributed by atoms with Crippen molar-refractivity contribution in [2.24, 2.45) is 0 Å². The molecule has 0 spiro atoms. The molecule has 35 heavy (non-hydrogen) atoms. The van der Waals surface area contributed by atoms with Gasteiger partial charge in [-0.2, -0.15) is 4.31 Å². The summed E-state index contributed by atoms with van der Waals surface area (Å²) in [6.45, 7) is 2.87. The summed E-state index contributed by atoms with van der Waals surface area (Å²) in [5.41, 5.74) is 5.10. The molecule has 0 saturated carbocycles. The molecule has 0 unspecified atom stereocenters. The minimum absolute atomic E-state index is 0.0887. The van der Waals surface area contributed by atoms with Crippen LogP contribution in [0, 0.1) is 24.4 Å². The zero-order chi connectivity index (χ0) is 24.7. The summed E-state index contributed by atoms with van der Waals surface area (Å²) in [5.74, 6) is -2.20. The Kier molecular flexibility index (Phi) is 6.02. The van der Waals surface area contributed by atoms with Gasteiger partial charge in [0.15, 0.2) is 0 Å². The van der Waals surface area contributed by atoms with Crippen LogP contribution in [-0.2, 0) is 16.6 Å². The first-order valence-electron chi connectivity index (χ1n) is 11.2. The summed E-state index contributed by atoms with van der Waals surface area (Å²) in [5, 5.41) is 1.05. The zero-order valence-electron chi connectivity index (χ0n) is 19.0. The number of nitrogens with zero attached hydrogens (tertiary/aromatic N) is 2. The van der Waals surface area contributed by atoms with Crippen molar-refractivity contribution in [3.05, 3.63) is 107 Å². The molecule has 0 saturated heterocycles. The van der Waals surface area contributed by atoms with E-state index in [2.05, 4.69) is 4.57 Å². The Hall–Kier alpha value is -3.36. The number of benzene rings is 3. The number of fused-ring (bicyclic) bond motifs is 1. The van der Waals surface area contributed by atoms with Gasteiger partial charge in [-0.1, -0.05) is 36.4 Å². The number of halogens is 3. The number of hydrogen-bond donors (Lipinski definition) is 0. The second kappa shape index (κ2) is 9.02. The van der Waals surface area contributed by atoms with Crippen LogP contribution in [0.25, 0.3) is 16.5 Å². The number of sulfonamides is 1. The molecule has 0 atom stereocenters. The van der Waals surface area contributed by atoms with Crippen molar-refractivity contribution in [2.75, 3.05) is 13.1 Å². The van der Waals surface area contributed by atoms with Crippen molar-refractivity contribution >= 4 is 26.5 Å². The minimum Gasteiger partial charge on any atom is -0.340 e. The summed E-state index contributed by atoms with van der Waals surface area (Å²) in [7, 11) is -4.10. The molecule has 8 heteroatoms. The molecular weight excluding hydrogens is 473 g/mol. The van der Waals surface area contributed by atoms with Crippen LogP contribution in [0.5, 0.6) is 0 Å².